The molecule has 0 radical (unpaired) electrons. The number of pyridine rings is 1. The Hall–Kier alpha value is -3.34. The van der Waals surface area contributed by atoms with Crippen molar-refractivity contribution in [3.8, 4) is 11.5 Å². The van der Waals surface area contributed by atoms with Crippen LogP contribution in [0.2, 0.25) is 0 Å². The fourth-order valence-corrected chi connectivity index (χ4v) is 3.68. The van der Waals surface area contributed by atoms with E-state index in [0.29, 0.717) is 32.1 Å². The summed E-state index contributed by atoms with van der Waals surface area (Å²) in [4.78, 5) is 19.8. The van der Waals surface area contributed by atoms with Crippen LogP contribution < -0.4 is 9.47 Å². The maximum absolute atomic E-state index is 13.5. The first-order valence-electron chi connectivity index (χ1n) is 10.2. The average molecular weight is 402 g/mol. The smallest absolute Gasteiger partial charge is 0.230 e. The minimum absolute atomic E-state index is 0.0545. The van der Waals surface area contributed by atoms with E-state index in [0.717, 1.165) is 22.6 Å². The number of aromatic nitrogens is 1. The highest BCUT2D eigenvalue weighted by atomic mass is 16.6. The summed E-state index contributed by atoms with van der Waals surface area (Å²) >= 11 is 0. The minimum atomic E-state index is -0.311. The van der Waals surface area contributed by atoms with Gasteiger partial charge in [-0.15, -0.1) is 0 Å². The molecule has 30 heavy (non-hydrogen) atoms. The van der Waals surface area contributed by atoms with E-state index in [4.69, 9.17) is 9.47 Å². The molecule has 0 bridgehead atoms. The Kier molecular flexibility index (Phi) is 5.98. The molecule has 0 saturated carbocycles. The van der Waals surface area contributed by atoms with Crippen LogP contribution in [0.15, 0.2) is 66.9 Å². The first kappa shape index (κ1) is 20.0. The molecule has 0 saturated heterocycles. The molecule has 0 N–H and O–H groups in total. The van der Waals surface area contributed by atoms with E-state index >= 15 is 0 Å². The molecule has 0 aliphatic carbocycles. The highest BCUT2D eigenvalue weighted by Gasteiger charge is 2.24. The zero-order chi connectivity index (χ0) is 20.9. The molecule has 154 valence electrons. The third kappa shape index (κ3) is 4.62. The van der Waals surface area contributed by atoms with Gasteiger partial charge in [0.15, 0.2) is 11.5 Å². The van der Waals surface area contributed by atoms with Crippen molar-refractivity contribution in [3.05, 3.63) is 89.2 Å². The normalized spacial score (nSPS) is 13.5. The molecule has 1 aliphatic heterocycles. The first-order chi connectivity index (χ1) is 14.6. The predicted octanol–water partition coefficient (Wildman–Crippen LogP) is 4.49. The zero-order valence-electron chi connectivity index (χ0n) is 17.4. The van der Waals surface area contributed by atoms with Crippen LogP contribution in [0.4, 0.5) is 0 Å². The molecular formula is C25H26N2O3. The second kappa shape index (κ2) is 8.99. The van der Waals surface area contributed by atoms with Gasteiger partial charge in [-0.1, -0.05) is 42.0 Å². The Morgan fingerprint density at radius 3 is 2.60 bits per heavy atom. The number of carbonyl (C=O) groups excluding carboxylic acids is 1. The summed E-state index contributed by atoms with van der Waals surface area (Å²) in [5.41, 5.74) is 4.07. The Morgan fingerprint density at radius 1 is 1.00 bits per heavy atom. The van der Waals surface area contributed by atoms with Crippen LogP contribution >= 0.6 is 0 Å². The second-order valence-corrected chi connectivity index (χ2v) is 7.63. The van der Waals surface area contributed by atoms with Gasteiger partial charge in [-0.05, 0) is 49.2 Å². The molecule has 1 amide bonds. The third-order valence-corrected chi connectivity index (χ3v) is 5.28. The number of fused-ring (bicyclic) bond motifs is 1. The molecule has 1 aromatic heterocycles. The van der Waals surface area contributed by atoms with Crippen LogP contribution in [0.3, 0.4) is 0 Å². The molecule has 5 nitrogen and oxygen atoms in total. The van der Waals surface area contributed by atoms with Crippen molar-refractivity contribution in [3.63, 3.8) is 0 Å². The van der Waals surface area contributed by atoms with E-state index in [-0.39, 0.29) is 11.8 Å². The Morgan fingerprint density at radius 2 is 1.83 bits per heavy atom. The quantitative estimate of drug-likeness (QED) is 0.609. The molecule has 3 aromatic rings. The molecule has 0 fully saturated rings. The van der Waals surface area contributed by atoms with Gasteiger partial charge in [0.05, 0.1) is 18.2 Å². The summed E-state index contributed by atoms with van der Waals surface area (Å²) in [5.74, 6) is 1.18. The van der Waals surface area contributed by atoms with Crippen molar-refractivity contribution in [2.24, 2.45) is 0 Å². The summed E-state index contributed by atoms with van der Waals surface area (Å²) in [6, 6.07) is 19.8. The zero-order valence-corrected chi connectivity index (χ0v) is 17.4. The van der Waals surface area contributed by atoms with E-state index in [9.17, 15) is 4.79 Å². The molecule has 1 atom stereocenters. The van der Waals surface area contributed by atoms with Crippen LogP contribution in [0.5, 0.6) is 11.5 Å². The number of carbonyl (C=O) groups is 1. The molecular weight excluding hydrogens is 376 g/mol. The van der Waals surface area contributed by atoms with Gasteiger partial charge < -0.3 is 14.4 Å². The van der Waals surface area contributed by atoms with Gasteiger partial charge in [-0.25, -0.2) is 0 Å². The molecule has 5 heteroatoms. The van der Waals surface area contributed by atoms with Crippen LogP contribution in [-0.4, -0.2) is 29.0 Å². The highest BCUT2D eigenvalue weighted by Crippen LogP contribution is 2.33. The van der Waals surface area contributed by atoms with E-state index in [1.54, 1.807) is 6.20 Å². The van der Waals surface area contributed by atoms with Gasteiger partial charge >= 0.3 is 0 Å². The van der Waals surface area contributed by atoms with Gasteiger partial charge in [-0.3, -0.25) is 9.78 Å². The number of nitrogens with zero attached hydrogens (tertiary/aromatic N) is 2. The Labute approximate surface area is 177 Å². The van der Waals surface area contributed by atoms with E-state index < -0.39 is 0 Å². The lowest BCUT2D eigenvalue weighted by Crippen LogP contribution is -2.33. The number of amides is 1. The van der Waals surface area contributed by atoms with Gasteiger partial charge in [0.1, 0.15) is 13.2 Å². The van der Waals surface area contributed by atoms with Crippen LogP contribution in [0.25, 0.3) is 0 Å². The maximum Gasteiger partial charge on any atom is 0.230 e. The molecule has 4 rings (SSSR count). The van der Waals surface area contributed by atoms with E-state index in [1.165, 1.54) is 5.56 Å². The van der Waals surface area contributed by atoms with Gasteiger partial charge in [-0.2, -0.15) is 0 Å². The second-order valence-electron chi connectivity index (χ2n) is 7.63. The lowest BCUT2D eigenvalue weighted by Gasteiger charge is -2.27. The third-order valence-electron chi connectivity index (χ3n) is 5.28. The maximum atomic E-state index is 13.5. The van der Waals surface area contributed by atoms with Crippen molar-refractivity contribution >= 4 is 5.91 Å². The fraction of sp³-hybridized carbons (Fsp3) is 0.280. The molecule has 2 heterocycles. The number of aryl methyl sites for hydroxylation is 1. The predicted molar refractivity (Wildman–Crippen MR) is 116 cm³/mol. The monoisotopic (exact) mass is 402 g/mol. The molecule has 0 spiro atoms. The summed E-state index contributed by atoms with van der Waals surface area (Å²) < 4.78 is 11.3. The number of benzene rings is 2. The number of rotatable bonds is 6. The first-order valence-corrected chi connectivity index (χ1v) is 10.2. The van der Waals surface area contributed by atoms with Crippen molar-refractivity contribution in [1.82, 2.24) is 9.88 Å². The Balaban J connectivity index is 1.59. The Bertz CT molecular complexity index is 1020. The number of hydrogen-bond acceptors (Lipinski definition) is 4. The summed E-state index contributed by atoms with van der Waals surface area (Å²) in [6.07, 6.45) is 1.76. The number of ether oxygens (including phenoxy) is 2. The summed E-state index contributed by atoms with van der Waals surface area (Å²) in [7, 11) is 0. The van der Waals surface area contributed by atoms with Crippen LogP contribution in [0.1, 0.15) is 35.2 Å². The molecule has 2 aromatic carbocycles. The van der Waals surface area contributed by atoms with Gasteiger partial charge in [0.25, 0.3) is 0 Å². The fourth-order valence-electron chi connectivity index (χ4n) is 3.68. The average Bonchev–Trinajstić information content (AvgIpc) is 2.78. The van der Waals surface area contributed by atoms with Gasteiger partial charge in [0.2, 0.25) is 5.91 Å². The molecule has 1 unspecified atom stereocenters. The van der Waals surface area contributed by atoms with Crippen molar-refractivity contribution in [2.75, 3.05) is 13.2 Å². The van der Waals surface area contributed by atoms with Crippen molar-refractivity contribution in [2.45, 2.75) is 32.9 Å². The summed E-state index contributed by atoms with van der Waals surface area (Å²) in [6.45, 7) is 6.07. The topological polar surface area (TPSA) is 51.7 Å². The SMILES string of the molecule is Cc1cccc(CN(Cc2ccccn2)C(=O)C(C)c2ccc3c(c2)OCCO3)c1. The lowest BCUT2D eigenvalue weighted by molar-refractivity contribution is -0.133. The highest BCUT2D eigenvalue weighted by molar-refractivity contribution is 5.83. The minimum Gasteiger partial charge on any atom is -0.486 e. The van der Waals surface area contributed by atoms with Crippen LogP contribution in [-0.2, 0) is 17.9 Å². The number of hydrogen-bond donors (Lipinski definition) is 0. The van der Waals surface area contributed by atoms with Crippen LogP contribution in [0, 0.1) is 6.92 Å². The summed E-state index contributed by atoms with van der Waals surface area (Å²) in [5, 5.41) is 0. The standard InChI is InChI=1S/C25H26N2O3/c1-18-6-5-7-20(14-18)16-27(17-22-8-3-4-11-26-22)25(28)19(2)21-9-10-23-24(15-21)30-13-12-29-23/h3-11,14-15,19H,12-13,16-17H2,1-2H3. The van der Waals surface area contributed by atoms with E-state index in [2.05, 4.69) is 30.1 Å². The van der Waals surface area contributed by atoms with Crippen molar-refractivity contribution < 1.29 is 14.3 Å². The molecule has 1 aliphatic rings. The lowest BCUT2D eigenvalue weighted by atomic mass is 9.98. The van der Waals surface area contributed by atoms with E-state index in [1.807, 2.05) is 54.3 Å². The van der Waals surface area contributed by atoms with Crippen molar-refractivity contribution in [1.29, 1.82) is 0 Å². The largest absolute Gasteiger partial charge is 0.486 e. The van der Waals surface area contributed by atoms with Gasteiger partial charge in [0, 0.05) is 12.7 Å².